The molecule has 0 amide bonds. The molecule has 0 saturated heterocycles. The number of anilines is 1. The van der Waals surface area contributed by atoms with Gasteiger partial charge in [0.2, 0.25) is 0 Å². The standard InChI is InChI=1S/C14H16N4OS/c1-19-10-2-3-11(14(15)20)12(8-10)18-7-6-17-5-4-16-13(17)9-18/h2-5,8H,6-7,9H2,1H3,(H2,15,20). The molecule has 1 aromatic carbocycles. The first kappa shape index (κ1) is 12.9. The molecular formula is C14H16N4OS. The van der Waals surface area contributed by atoms with Gasteiger partial charge in [-0.1, -0.05) is 12.2 Å². The molecule has 0 fully saturated rings. The van der Waals surface area contributed by atoms with E-state index in [9.17, 15) is 0 Å². The normalized spacial score (nSPS) is 13.9. The quantitative estimate of drug-likeness (QED) is 0.868. The molecule has 3 rings (SSSR count). The van der Waals surface area contributed by atoms with E-state index in [1.165, 1.54) is 0 Å². The highest BCUT2D eigenvalue weighted by Gasteiger charge is 2.20. The van der Waals surface area contributed by atoms with Crippen molar-refractivity contribution in [3.63, 3.8) is 0 Å². The van der Waals surface area contributed by atoms with Gasteiger partial charge < -0.3 is 19.9 Å². The van der Waals surface area contributed by atoms with Crippen molar-refractivity contribution in [2.75, 3.05) is 18.6 Å². The fraction of sp³-hybridized carbons (Fsp3) is 0.286. The number of rotatable bonds is 3. The predicted molar refractivity (Wildman–Crippen MR) is 82.2 cm³/mol. The summed E-state index contributed by atoms with van der Waals surface area (Å²) in [5.41, 5.74) is 7.71. The van der Waals surface area contributed by atoms with Crippen LogP contribution in [0.15, 0.2) is 30.6 Å². The molecule has 0 aliphatic carbocycles. The highest BCUT2D eigenvalue weighted by Crippen LogP contribution is 2.28. The third-order valence-corrected chi connectivity index (χ3v) is 3.78. The molecule has 5 nitrogen and oxygen atoms in total. The van der Waals surface area contributed by atoms with Gasteiger partial charge in [-0.2, -0.15) is 0 Å². The first-order chi connectivity index (χ1) is 9.69. The SMILES string of the molecule is COc1ccc(C(N)=S)c(N2CCn3ccnc3C2)c1. The van der Waals surface area contributed by atoms with Crippen LogP contribution in [0.5, 0.6) is 5.75 Å². The average Bonchev–Trinajstić information content (AvgIpc) is 2.93. The molecule has 1 aliphatic rings. The first-order valence-electron chi connectivity index (χ1n) is 6.42. The number of nitrogens with two attached hydrogens (primary N) is 1. The molecule has 2 N–H and O–H groups in total. The third-order valence-electron chi connectivity index (χ3n) is 3.56. The molecular weight excluding hydrogens is 272 g/mol. The van der Waals surface area contributed by atoms with Crippen LogP contribution in [0.4, 0.5) is 5.69 Å². The number of thiocarbonyl (C=S) groups is 1. The molecule has 20 heavy (non-hydrogen) atoms. The van der Waals surface area contributed by atoms with Gasteiger partial charge in [-0.3, -0.25) is 0 Å². The van der Waals surface area contributed by atoms with Crippen molar-refractivity contribution >= 4 is 22.9 Å². The van der Waals surface area contributed by atoms with Crippen LogP contribution in [0.2, 0.25) is 0 Å². The van der Waals surface area contributed by atoms with Gasteiger partial charge in [0, 0.05) is 37.1 Å². The molecule has 2 heterocycles. The molecule has 0 spiro atoms. The van der Waals surface area contributed by atoms with Crippen molar-refractivity contribution in [1.29, 1.82) is 0 Å². The Hall–Kier alpha value is -2.08. The Kier molecular flexibility index (Phi) is 3.31. The van der Waals surface area contributed by atoms with Crippen LogP contribution < -0.4 is 15.4 Å². The molecule has 0 unspecified atom stereocenters. The number of methoxy groups -OCH3 is 1. The number of aromatic nitrogens is 2. The summed E-state index contributed by atoms with van der Waals surface area (Å²) in [7, 11) is 1.66. The zero-order valence-electron chi connectivity index (χ0n) is 11.2. The molecule has 104 valence electrons. The minimum absolute atomic E-state index is 0.400. The van der Waals surface area contributed by atoms with Crippen LogP contribution in [0, 0.1) is 0 Å². The molecule has 1 aromatic heterocycles. The lowest BCUT2D eigenvalue weighted by atomic mass is 10.1. The minimum Gasteiger partial charge on any atom is -0.497 e. The van der Waals surface area contributed by atoms with Gasteiger partial charge in [-0.15, -0.1) is 0 Å². The van der Waals surface area contributed by atoms with E-state index in [1.54, 1.807) is 7.11 Å². The van der Waals surface area contributed by atoms with E-state index in [2.05, 4.69) is 14.5 Å². The number of fused-ring (bicyclic) bond motifs is 1. The van der Waals surface area contributed by atoms with Crippen LogP contribution in [-0.2, 0) is 13.1 Å². The molecule has 0 atom stereocenters. The summed E-state index contributed by atoms with van der Waals surface area (Å²) in [5.74, 6) is 1.85. The summed E-state index contributed by atoms with van der Waals surface area (Å²) in [4.78, 5) is 7.01. The topological polar surface area (TPSA) is 56.3 Å². The molecule has 2 aromatic rings. The van der Waals surface area contributed by atoms with E-state index in [1.807, 2.05) is 30.6 Å². The highest BCUT2D eigenvalue weighted by molar-refractivity contribution is 7.80. The van der Waals surface area contributed by atoms with E-state index < -0.39 is 0 Å². The van der Waals surface area contributed by atoms with Crippen molar-refractivity contribution in [1.82, 2.24) is 9.55 Å². The van der Waals surface area contributed by atoms with E-state index in [0.717, 1.165) is 42.5 Å². The Bertz CT molecular complexity index is 652. The van der Waals surface area contributed by atoms with Gasteiger partial charge in [-0.25, -0.2) is 4.98 Å². The maximum atomic E-state index is 5.83. The number of nitrogens with zero attached hydrogens (tertiary/aromatic N) is 3. The number of imidazole rings is 1. The zero-order chi connectivity index (χ0) is 14.1. The van der Waals surface area contributed by atoms with E-state index >= 15 is 0 Å². The lowest BCUT2D eigenvalue weighted by molar-refractivity contribution is 0.414. The lowest BCUT2D eigenvalue weighted by Gasteiger charge is -2.31. The number of hydrogen-bond donors (Lipinski definition) is 1. The summed E-state index contributed by atoms with van der Waals surface area (Å²) < 4.78 is 7.47. The summed E-state index contributed by atoms with van der Waals surface area (Å²) in [6, 6.07) is 5.77. The van der Waals surface area contributed by atoms with Crippen LogP contribution in [0.3, 0.4) is 0 Å². The molecule has 0 saturated carbocycles. The first-order valence-corrected chi connectivity index (χ1v) is 6.82. The number of hydrogen-bond acceptors (Lipinski definition) is 4. The Morgan fingerprint density at radius 1 is 1.40 bits per heavy atom. The van der Waals surface area contributed by atoms with Crippen molar-refractivity contribution in [3.8, 4) is 5.75 Å². The van der Waals surface area contributed by atoms with Gasteiger partial charge >= 0.3 is 0 Å². The molecule has 6 heteroatoms. The second-order valence-corrected chi connectivity index (χ2v) is 5.15. The van der Waals surface area contributed by atoms with Crippen LogP contribution >= 0.6 is 12.2 Å². The third kappa shape index (κ3) is 2.22. The maximum absolute atomic E-state index is 5.83. The lowest BCUT2D eigenvalue weighted by Crippen LogP contribution is -2.35. The predicted octanol–water partition coefficient (Wildman–Crippen LogP) is 1.55. The molecule has 0 bridgehead atoms. The largest absolute Gasteiger partial charge is 0.497 e. The Morgan fingerprint density at radius 2 is 2.25 bits per heavy atom. The van der Waals surface area contributed by atoms with Crippen LogP contribution in [0.1, 0.15) is 11.4 Å². The summed E-state index contributed by atoms with van der Waals surface area (Å²) >= 11 is 5.15. The second kappa shape index (κ2) is 5.13. The van der Waals surface area contributed by atoms with Gasteiger partial charge in [0.05, 0.1) is 19.3 Å². The molecule has 1 aliphatic heterocycles. The Balaban J connectivity index is 1.99. The summed E-state index contributed by atoms with van der Waals surface area (Å²) in [6.07, 6.45) is 3.84. The van der Waals surface area contributed by atoms with Gasteiger partial charge in [0.1, 0.15) is 16.6 Å². The van der Waals surface area contributed by atoms with E-state index in [0.29, 0.717) is 4.99 Å². The van der Waals surface area contributed by atoms with Crippen molar-refractivity contribution < 1.29 is 4.74 Å². The average molecular weight is 288 g/mol. The summed E-state index contributed by atoms with van der Waals surface area (Å²) in [5, 5.41) is 0. The van der Waals surface area contributed by atoms with Crippen LogP contribution in [0.25, 0.3) is 0 Å². The van der Waals surface area contributed by atoms with E-state index in [-0.39, 0.29) is 0 Å². The Labute approximate surface area is 123 Å². The van der Waals surface area contributed by atoms with Crippen molar-refractivity contribution in [2.45, 2.75) is 13.1 Å². The van der Waals surface area contributed by atoms with Gasteiger partial charge in [-0.05, 0) is 12.1 Å². The van der Waals surface area contributed by atoms with Gasteiger partial charge in [0.25, 0.3) is 0 Å². The highest BCUT2D eigenvalue weighted by atomic mass is 32.1. The van der Waals surface area contributed by atoms with E-state index in [4.69, 9.17) is 22.7 Å². The fourth-order valence-corrected chi connectivity index (χ4v) is 2.66. The van der Waals surface area contributed by atoms with Crippen LogP contribution in [-0.4, -0.2) is 28.2 Å². The minimum atomic E-state index is 0.400. The smallest absolute Gasteiger partial charge is 0.128 e. The Morgan fingerprint density at radius 3 is 3.00 bits per heavy atom. The second-order valence-electron chi connectivity index (χ2n) is 4.71. The van der Waals surface area contributed by atoms with Crippen molar-refractivity contribution in [2.24, 2.45) is 5.73 Å². The summed E-state index contributed by atoms with van der Waals surface area (Å²) in [6.45, 7) is 2.55. The maximum Gasteiger partial charge on any atom is 0.128 e. The van der Waals surface area contributed by atoms with Crippen molar-refractivity contribution in [3.05, 3.63) is 42.0 Å². The molecule has 0 radical (unpaired) electrons. The zero-order valence-corrected chi connectivity index (χ0v) is 12.1. The monoisotopic (exact) mass is 288 g/mol. The number of ether oxygens (including phenoxy) is 1. The van der Waals surface area contributed by atoms with Gasteiger partial charge in [0.15, 0.2) is 0 Å². The number of benzene rings is 1. The fourth-order valence-electron chi connectivity index (χ4n) is 2.49.